The number of hydrogen-bond donors (Lipinski definition) is 10. The molecule has 6 rings (SSSR count). The van der Waals surface area contributed by atoms with Crippen LogP contribution in [0, 0.1) is 45.3 Å². The van der Waals surface area contributed by atoms with Crippen LogP contribution in [0.4, 0.5) is 0 Å². The topological polar surface area (TPSA) is 239 Å². The highest BCUT2D eigenvalue weighted by Crippen LogP contribution is 2.76. The molecule has 0 aromatic carbocycles. The lowest BCUT2D eigenvalue weighted by molar-refractivity contribution is -0.381. The largest absolute Gasteiger partial charge is 0.394 e. The third-order valence-corrected chi connectivity index (χ3v) is 16.7. The first kappa shape index (κ1) is 44.7. The first-order valence-electron chi connectivity index (χ1n) is 21.0. The Morgan fingerprint density at radius 2 is 1.32 bits per heavy atom. The van der Waals surface area contributed by atoms with Crippen molar-refractivity contribution in [3.8, 4) is 0 Å². The van der Waals surface area contributed by atoms with Crippen LogP contribution in [0.15, 0.2) is 11.6 Å². The summed E-state index contributed by atoms with van der Waals surface area (Å²) in [6.45, 7) is 15.7. The van der Waals surface area contributed by atoms with E-state index in [4.69, 9.17) is 18.9 Å². The zero-order valence-corrected chi connectivity index (χ0v) is 34.6. The molecule has 0 aromatic rings. The average Bonchev–Trinajstić information content (AvgIpc) is 3.51. The highest BCUT2D eigenvalue weighted by Gasteiger charge is 2.73. The van der Waals surface area contributed by atoms with E-state index in [1.807, 2.05) is 6.92 Å². The third kappa shape index (κ3) is 7.06. The third-order valence-electron chi connectivity index (χ3n) is 16.7. The molecule has 4 aliphatic carbocycles. The summed E-state index contributed by atoms with van der Waals surface area (Å²) in [7, 11) is 0. The highest BCUT2D eigenvalue weighted by molar-refractivity contribution is 5.21. The molecular formula is C42H72O14. The molecule has 0 bridgehead atoms. The molecule has 6 aliphatic rings. The summed E-state index contributed by atoms with van der Waals surface area (Å²) in [6, 6.07) is 0. The summed E-state index contributed by atoms with van der Waals surface area (Å²) in [6.07, 6.45) is -10.3. The summed E-state index contributed by atoms with van der Waals surface area (Å²) in [4.78, 5) is 0. The lowest BCUT2D eigenvalue weighted by Gasteiger charge is -2.71. The van der Waals surface area contributed by atoms with Gasteiger partial charge >= 0.3 is 0 Å². The normalized spacial score (nSPS) is 52.6. The number of aliphatic hydroxyl groups is 10. The molecule has 2 aliphatic heterocycles. The fourth-order valence-electron chi connectivity index (χ4n) is 13.2. The van der Waals surface area contributed by atoms with E-state index < -0.39 is 109 Å². The molecule has 4 saturated carbocycles. The van der Waals surface area contributed by atoms with Gasteiger partial charge in [-0.05, 0) is 106 Å². The molecule has 0 amide bonds. The van der Waals surface area contributed by atoms with Gasteiger partial charge in [0, 0.05) is 11.8 Å². The van der Waals surface area contributed by atoms with Crippen LogP contribution in [-0.2, 0) is 18.9 Å². The molecule has 21 atom stereocenters. The fraction of sp³-hybridized carbons (Fsp3) is 0.952. The Morgan fingerprint density at radius 1 is 0.732 bits per heavy atom. The monoisotopic (exact) mass is 800 g/mol. The van der Waals surface area contributed by atoms with Crippen molar-refractivity contribution >= 4 is 0 Å². The number of hydrogen-bond acceptors (Lipinski definition) is 14. The van der Waals surface area contributed by atoms with Gasteiger partial charge in [-0.15, -0.1) is 0 Å². The summed E-state index contributed by atoms with van der Waals surface area (Å²) in [5.41, 5.74) is -1.46. The van der Waals surface area contributed by atoms with Crippen molar-refractivity contribution in [2.75, 3.05) is 13.2 Å². The van der Waals surface area contributed by atoms with Gasteiger partial charge in [-0.1, -0.05) is 46.3 Å². The van der Waals surface area contributed by atoms with E-state index in [0.29, 0.717) is 12.8 Å². The maximum absolute atomic E-state index is 12.4. The van der Waals surface area contributed by atoms with Gasteiger partial charge in [0.25, 0.3) is 0 Å². The van der Waals surface area contributed by atoms with E-state index in [-0.39, 0.29) is 40.9 Å². The van der Waals surface area contributed by atoms with Crippen molar-refractivity contribution in [2.24, 2.45) is 45.3 Å². The second kappa shape index (κ2) is 15.9. The molecule has 324 valence electrons. The van der Waals surface area contributed by atoms with Crippen molar-refractivity contribution in [3.05, 3.63) is 11.6 Å². The number of allylic oxidation sites excluding steroid dienone is 2. The molecule has 0 unspecified atom stereocenters. The average molecular weight is 801 g/mol. The van der Waals surface area contributed by atoms with Gasteiger partial charge < -0.3 is 70.0 Å². The standard InChI is InChI=1S/C42H72O14/c1-20(2)10-9-13-41(7,52)21-11-14-40(6)29(21)22(45)16-26-39(40,5)15-12-25-38(3,4)28(17-27(46)42(25,26)8)55-37-35(33(50)31(48)24(19-44)54-37)56-36-34(51)32(49)30(47)23(18-43)53-36/h10,21-37,43-52H,9,11-19H2,1-8H3/t21-,22+,23-,24-,25-,26+,27+,28-,29-,30-,31-,32+,33+,34-,35-,36+,37+,39-,40-,41+,42-/m1/s1. The summed E-state index contributed by atoms with van der Waals surface area (Å²) in [5.74, 6) is -0.262. The Kier molecular flexibility index (Phi) is 12.7. The van der Waals surface area contributed by atoms with E-state index >= 15 is 0 Å². The molecule has 56 heavy (non-hydrogen) atoms. The van der Waals surface area contributed by atoms with Gasteiger partial charge in [-0.3, -0.25) is 0 Å². The molecule has 0 aromatic heterocycles. The van der Waals surface area contributed by atoms with Crippen LogP contribution in [0.25, 0.3) is 0 Å². The Balaban J connectivity index is 1.25. The molecule has 0 radical (unpaired) electrons. The van der Waals surface area contributed by atoms with E-state index in [2.05, 4.69) is 54.5 Å². The van der Waals surface area contributed by atoms with Crippen LogP contribution in [0.1, 0.15) is 107 Å². The van der Waals surface area contributed by atoms with Crippen LogP contribution < -0.4 is 0 Å². The molecule has 14 heteroatoms. The smallest absolute Gasteiger partial charge is 0.187 e. The van der Waals surface area contributed by atoms with Gasteiger partial charge in [0.15, 0.2) is 12.6 Å². The van der Waals surface area contributed by atoms with Gasteiger partial charge in [0.2, 0.25) is 0 Å². The van der Waals surface area contributed by atoms with Gasteiger partial charge in [-0.2, -0.15) is 0 Å². The first-order chi connectivity index (χ1) is 26.0. The molecule has 0 spiro atoms. The summed E-state index contributed by atoms with van der Waals surface area (Å²) in [5, 5.41) is 110. The molecule has 14 nitrogen and oxygen atoms in total. The van der Waals surface area contributed by atoms with Crippen LogP contribution in [-0.4, -0.2) is 150 Å². The minimum atomic E-state index is -1.80. The number of aliphatic hydroxyl groups excluding tert-OH is 9. The second-order valence-corrected chi connectivity index (χ2v) is 20.2. The quantitative estimate of drug-likeness (QED) is 0.110. The van der Waals surface area contributed by atoms with E-state index in [1.165, 1.54) is 5.57 Å². The van der Waals surface area contributed by atoms with Crippen molar-refractivity contribution in [3.63, 3.8) is 0 Å². The lowest BCUT2D eigenvalue weighted by Crippen LogP contribution is -2.70. The Morgan fingerprint density at radius 3 is 1.93 bits per heavy atom. The predicted octanol–water partition coefficient (Wildman–Crippen LogP) is 1.12. The Bertz CT molecular complexity index is 1400. The Hall–Kier alpha value is -0.820. The van der Waals surface area contributed by atoms with Crippen LogP contribution in [0.3, 0.4) is 0 Å². The second-order valence-electron chi connectivity index (χ2n) is 20.2. The van der Waals surface area contributed by atoms with Crippen LogP contribution in [0.5, 0.6) is 0 Å². The zero-order valence-electron chi connectivity index (χ0n) is 34.6. The van der Waals surface area contributed by atoms with Crippen molar-refractivity contribution in [1.82, 2.24) is 0 Å². The predicted molar refractivity (Wildman–Crippen MR) is 202 cm³/mol. The number of fused-ring (bicyclic) bond motifs is 5. The van der Waals surface area contributed by atoms with Gasteiger partial charge in [0.05, 0.1) is 37.1 Å². The summed E-state index contributed by atoms with van der Waals surface area (Å²) < 4.78 is 24.2. The number of ether oxygens (including phenoxy) is 4. The SMILES string of the molecule is CC(C)=CCC[C@](C)(O)[C@@H]1CC[C@]2(C)[C@H]1[C@@H](O)C[C@@H]1[C@@]3(C)[C@H](CC[C@]12C)C(C)(C)[C@H](O[C@@H]1O[C@H](CO)[C@@H](O)[C@H](O)[C@H]1O[C@@H]1O[C@H](CO)[C@@H](O)[C@H](O)[C@H]1O)C[C@@H]3O. The highest BCUT2D eigenvalue weighted by atomic mass is 16.8. The summed E-state index contributed by atoms with van der Waals surface area (Å²) >= 11 is 0. The molecule has 2 saturated heterocycles. The van der Waals surface area contributed by atoms with E-state index in [0.717, 1.165) is 32.1 Å². The van der Waals surface area contributed by atoms with E-state index in [9.17, 15) is 51.1 Å². The van der Waals surface area contributed by atoms with Gasteiger partial charge in [0.1, 0.15) is 48.8 Å². The molecule has 2 heterocycles. The van der Waals surface area contributed by atoms with Crippen LogP contribution >= 0.6 is 0 Å². The zero-order chi connectivity index (χ0) is 41.5. The molecule has 6 fully saturated rings. The van der Waals surface area contributed by atoms with Crippen molar-refractivity contribution in [1.29, 1.82) is 0 Å². The minimum absolute atomic E-state index is 0.0430. The molecular weight excluding hydrogens is 728 g/mol. The molecule has 10 N–H and O–H groups in total. The van der Waals surface area contributed by atoms with Crippen molar-refractivity contribution < 1.29 is 70.0 Å². The maximum atomic E-state index is 12.4. The maximum Gasteiger partial charge on any atom is 0.187 e. The van der Waals surface area contributed by atoms with E-state index in [1.54, 1.807) is 0 Å². The van der Waals surface area contributed by atoms with Gasteiger partial charge in [-0.25, -0.2) is 0 Å². The number of rotatable bonds is 10. The lowest BCUT2D eigenvalue weighted by atomic mass is 9.34. The van der Waals surface area contributed by atoms with Crippen molar-refractivity contribution in [2.45, 2.75) is 192 Å². The Labute approximate surface area is 331 Å². The minimum Gasteiger partial charge on any atom is -0.394 e. The first-order valence-corrected chi connectivity index (χ1v) is 21.0. The van der Waals surface area contributed by atoms with Crippen LogP contribution in [0.2, 0.25) is 0 Å². The fourth-order valence-corrected chi connectivity index (χ4v) is 13.2.